The minimum Gasteiger partial charge on any atom is -0.376 e. The highest BCUT2D eigenvalue weighted by Crippen LogP contribution is 2.23. The topological polar surface area (TPSA) is 84.4 Å². The third kappa shape index (κ3) is 6.03. The van der Waals surface area contributed by atoms with E-state index in [1.807, 2.05) is 49.6 Å². The van der Waals surface area contributed by atoms with Crippen molar-refractivity contribution in [3.05, 3.63) is 64.9 Å². The Labute approximate surface area is 197 Å². The number of aryl methyl sites for hydroxylation is 1. The number of amides is 2. The molecule has 1 unspecified atom stereocenters. The van der Waals surface area contributed by atoms with Crippen LogP contribution < -0.4 is 5.32 Å². The summed E-state index contributed by atoms with van der Waals surface area (Å²) in [4.78, 5) is 36.4. The maximum atomic E-state index is 13.2. The molecule has 172 valence electrons. The summed E-state index contributed by atoms with van der Waals surface area (Å²) in [6.45, 7) is 5.06. The van der Waals surface area contributed by atoms with Crippen LogP contribution in [0.15, 0.2) is 48.1 Å². The van der Waals surface area contributed by atoms with Crippen LogP contribution in [0.1, 0.15) is 29.7 Å². The predicted octanol–water partition coefficient (Wildman–Crippen LogP) is 4.01. The maximum Gasteiger partial charge on any atom is 0.244 e. The van der Waals surface area contributed by atoms with E-state index in [1.54, 1.807) is 17.3 Å². The second-order valence-electron chi connectivity index (χ2n) is 8.27. The lowest BCUT2D eigenvalue weighted by molar-refractivity contribution is -0.135. The average molecular weight is 465 g/mol. The number of aromatic nitrogens is 2. The maximum absolute atomic E-state index is 13.2. The zero-order chi connectivity index (χ0) is 23.2. The van der Waals surface area contributed by atoms with Crippen molar-refractivity contribution in [2.24, 2.45) is 0 Å². The van der Waals surface area contributed by atoms with Crippen LogP contribution in [0.5, 0.6) is 0 Å². The third-order valence-corrected chi connectivity index (χ3v) is 6.75. The van der Waals surface area contributed by atoms with Crippen molar-refractivity contribution in [2.75, 3.05) is 25.0 Å². The van der Waals surface area contributed by atoms with E-state index in [4.69, 9.17) is 4.74 Å². The number of carbonyl (C=O) groups is 2. The number of benzene rings is 1. The van der Waals surface area contributed by atoms with E-state index in [-0.39, 0.29) is 30.9 Å². The molecule has 3 heterocycles. The van der Waals surface area contributed by atoms with Gasteiger partial charge in [-0.1, -0.05) is 12.1 Å². The summed E-state index contributed by atoms with van der Waals surface area (Å²) < 4.78 is 5.73. The summed E-state index contributed by atoms with van der Waals surface area (Å²) in [5, 5.41) is 5.67. The van der Waals surface area contributed by atoms with E-state index in [9.17, 15) is 9.59 Å². The normalized spacial score (nSPS) is 15.4. The number of rotatable bonds is 8. The minimum atomic E-state index is -0.218. The van der Waals surface area contributed by atoms with Crippen LogP contribution in [0.4, 0.5) is 5.69 Å². The number of nitrogens with one attached hydrogen (secondary N) is 1. The lowest BCUT2D eigenvalue weighted by atomic mass is 10.1. The van der Waals surface area contributed by atoms with Crippen molar-refractivity contribution >= 4 is 28.8 Å². The van der Waals surface area contributed by atoms with Crippen molar-refractivity contribution in [3.8, 4) is 10.6 Å². The molecule has 1 saturated heterocycles. The molecule has 0 saturated carbocycles. The Morgan fingerprint density at radius 1 is 1.24 bits per heavy atom. The Bertz CT molecular complexity index is 1110. The fraction of sp³-hybridized carbons (Fsp3) is 0.360. The number of carbonyl (C=O) groups excluding carboxylic acids is 2. The Morgan fingerprint density at radius 2 is 2.12 bits per heavy atom. The fourth-order valence-electron chi connectivity index (χ4n) is 3.82. The second-order valence-corrected chi connectivity index (χ2v) is 9.13. The molecule has 4 rings (SSSR count). The quantitative estimate of drug-likeness (QED) is 0.545. The molecule has 1 N–H and O–H groups in total. The van der Waals surface area contributed by atoms with E-state index in [1.165, 1.54) is 11.3 Å². The summed E-state index contributed by atoms with van der Waals surface area (Å²) >= 11 is 1.48. The van der Waals surface area contributed by atoms with E-state index >= 15 is 0 Å². The standard InChI is InChI=1S/C25H28N4O3S/c1-17-6-3-9-22(18(17)2)28-23(30)15-29(14-21-8-5-11-32-21)24(31)12-20-16-33-25(27-20)19-7-4-10-26-13-19/h3-4,6-7,9-10,13,16,21H,5,8,11-12,14-15H2,1-2H3,(H,28,30). The molecular weight excluding hydrogens is 436 g/mol. The fourth-order valence-corrected chi connectivity index (χ4v) is 4.63. The number of ether oxygens (including phenoxy) is 1. The van der Waals surface area contributed by atoms with Gasteiger partial charge in [-0.15, -0.1) is 11.3 Å². The van der Waals surface area contributed by atoms with Crippen LogP contribution in [-0.2, 0) is 20.7 Å². The Hall–Kier alpha value is -3.10. The molecular formula is C25H28N4O3S. The van der Waals surface area contributed by atoms with Gasteiger partial charge in [0, 0.05) is 42.2 Å². The predicted molar refractivity (Wildman–Crippen MR) is 129 cm³/mol. The van der Waals surface area contributed by atoms with Gasteiger partial charge in [0.05, 0.1) is 24.8 Å². The number of hydrogen-bond acceptors (Lipinski definition) is 6. The molecule has 0 radical (unpaired) electrons. The summed E-state index contributed by atoms with van der Waals surface area (Å²) in [5.74, 6) is -0.353. The highest BCUT2D eigenvalue weighted by atomic mass is 32.1. The molecule has 33 heavy (non-hydrogen) atoms. The van der Waals surface area contributed by atoms with Crippen LogP contribution in [0.3, 0.4) is 0 Å². The van der Waals surface area contributed by atoms with E-state index < -0.39 is 0 Å². The number of nitrogens with zero attached hydrogens (tertiary/aromatic N) is 3. The summed E-state index contributed by atoms with van der Waals surface area (Å²) in [6.07, 6.45) is 5.44. The number of anilines is 1. The van der Waals surface area contributed by atoms with Gasteiger partial charge in [0.25, 0.3) is 0 Å². The van der Waals surface area contributed by atoms with Crippen LogP contribution in [-0.4, -0.2) is 52.5 Å². The molecule has 1 aromatic carbocycles. The first-order chi connectivity index (χ1) is 16.0. The molecule has 1 fully saturated rings. The molecule has 7 nitrogen and oxygen atoms in total. The zero-order valence-corrected chi connectivity index (χ0v) is 19.7. The first kappa shape index (κ1) is 23.1. The first-order valence-corrected chi connectivity index (χ1v) is 12.0. The SMILES string of the molecule is Cc1cccc(NC(=O)CN(CC2CCCO2)C(=O)Cc2csc(-c3cccnc3)n2)c1C. The minimum absolute atomic E-state index is 0.0221. The van der Waals surface area contributed by atoms with Crippen molar-refractivity contribution < 1.29 is 14.3 Å². The van der Waals surface area contributed by atoms with Crippen molar-refractivity contribution in [3.63, 3.8) is 0 Å². The number of hydrogen-bond donors (Lipinski definition) is 1. The van der Waals surface area contributed by atoms with Gasteiger partial charge in [-0.3, -0.25) is 14.6 Å². The van der Waals surface area contributed by atoms with Crippen LogP contribution in [0.2, 0.25) is 0 Å². The molecule has 8 heteroatoms. The van der Waals surface area contributed by atoms with Gasteiger partial charge >= 0.3 is 0 Å². The van der Waals surface area contributed by atoms with Crippen molar-refractivity contribution in [1.29, 1.82) is 0 Å². The molecule has 1 atom stereocenters. The van der Waals surface area contributed by atoms with Crippen LogP contribution in [0.25, 0.3) is 10.6 Å². The smallest absolute Gasteiger partial charge is 0.244 e. The molecule has 0 aliphatic carbocycles. The second kappa shape index (κ2) is 10.7. The first-order valence-electron chi connectivity index (χ1n) is 11.1. The number of pyridine rings is 1. The molecule has 0 spiro atoms. The summed E-state index contributed by atoms with van der Waals surface area (Å²) in [7, 11) is 0. The van der Waals surface area contributed by atoms with Gasteiger partial charge < -0.3 is 15.0 Å². The molecule has 1 aliphatic rings. The van der Waals surface area contributed by atoms with Gasteiger partial charge in [-0.25, -0.2) is 4.98 Å². The van der Waals surface area contributed by atoms with Gasteiger partial charge in [0.15, 0.2) is 0 Å². The van der Waals surface area contributed by atoms with E-state index in [0.29, 0.717) is 18.8 Å². The lowest BCUT2D eigenvalue weighted by Gasteiger charge is -2.25. The van der Waals surface area contributed by atoms with Gasteiger partial charge in [0.1, 0.15) is 5.01 Å². The number of thiazole rings is 1. The molecule has 0 bridgehead atoms. The molecule has 2 aromatic heterocycles. The Kier molecular flexibility index (Phi) is 7.47. The van der Waals surface area contributed by atoms with Gasteiger partial charge in [-0.2, -0.15) is 0 Å². The van der Waals surface area contributed by atoms with Crippen molar-refractivity contribution in [1.82, 2.24) is 14.9 Å². The Morgan fingerprint density at radius 3 is 2.88 bits per heavy atom. The Balaban J connectivity index is 1.44. The van der Waals surface area contributed by atoms with E-state index in [0.717, 1.165) is 40.2 Å². The van der Waals surface area contributed by atoms with Gasteiger partial charge in [0.2, 0.25) is 11.8 Å². The largest absolute Gasteiger partial charge is 0.376 e. The summed E-state index contributed by atoms with van der Waals surface area (Å²) in [5.41, 5.74) is 4.51. The average Bonchev–Trinajstić information content (AvgIpc) is 3.49. The lowest BCUT2D eigenvalue weighted by Crippen LogP contribution is -2.43. The zero-order valence-electron chi connectivity index (χ0n) is 18.9. The van der Waals surface area contributed by atoms with Crippen LogP contribution >= 0.6 is 11.3 Å². The molecule has 1 aliphatic heterocycles. The molecule has 3 aromatic rings. The third-order valence-electron chi connectivity index (χ3n) is 5.81. The van der Waals surface area contributed by atoms with Crippen molar-refractivity contribution in [2.45, 2.75) is 39.2 Å². The summed E-state index contributed by atoms with van der Waals surface area (Å²) in [6, 6.07) is 9.60. The molecule has 2 amide bonds. The highest BCUT2D eigenvalue weighted by molar-refractivity contribution is 7.13. The van der Waals surface area contributed by atoms with Crippen LogP contribution in [0, 0.1) is 13.8 Å². The highest BCUT2D eigenvalue weighted by Gasteiger charge is 2.25. The van der Waals surface area contributed by atoms with Gasteiger partial charge in [-0.05, 0) is 56.0 Å². The van der Waals surface area contributed by atoms with E-state index in [2.05, 4.69) is 15.3 Å². The monoisotopic (exact) mass is 464 g/mol.